The molecule has 0 aromatic carbocycles. The molecule has 36 heavy (non-hydrogen) atoms. The zero-order chi connectivity index (χ0) is 27.0. The lowest BCUT2D eigenvalue weighted by atomic mass is 10.3. The predicted molar refractivity (Wildman–Crippen MR) is 108 cm³/mol. The van der Waals surface area contributed by atoms with E-state index in [0.717, 1.165) is 17.4 Å². The summed E-state index contributed by atoms with van der Waals surface area (Å²) >= 11 is 0. The third kappa shape index (κ3) is 9.93. The Morgan fingerprint density at radius 3 is 2.36 bits per heavy atom. The van der Waals surface area contributed by atoms with Crippen LogP contribution in [-0.4, -0.2) is 75.5 Å². The number of ether oxygens (including phenoxy) is 1. The SMILES string of the molecule is CCCCONC(=O)c1ncnc2c1nnn2C[C@@H](C)OCP(=O)(OCC(F)(F)F)OCC(F)(F)F. The van der Waals surface area contributed by atoms with E-state index in [-0.39, 0.29) is 30.0 Å². The molecule has 0 fully saturated rings. The van der Waals surface area contributed by atoms with Gasteiger partial charge in [-0.2, -0.15) is 26.3 Å². The summed E-state index contributed by atoms with van der Waals surface area (Å²) in [7, 11) is -4.94. The molecule has 0 aliphatic rings. The number of hydrogen-bond donors (Lipinski definition) is 1. The minimum atomic E-state index is -4.97. The van der Waals surface area contributed by atoms with Gasteiger partial charge in [0, 0.05) is 0 Å². The van der Waals surface area contributed by atoms with Gasteiger partial charge >= 0.3 is 19.9 Å². The standard InChI is InChI=1S/C17H23F6N6O6P/c1-3-4-5-33-27-15(30)13-12-14(25-9-24-13)29(28-26-12)6-11(2)32-10-36(31,34-7-16(18,19)20)35-8-17(21,22)23/h9,11H,3-8,10H2,1-2H3,(H,27,30)/t11-/m1/s1. The molecule has 0 saturated carbocycles. The highest BCUT2D eigenvalue weighted by Crippen LogP contribution is 2.50. The molecule has 204 valence electrons. The largest absolute Gasteiger partial charge is 0.412 e. The molecule has 0 saturated heterocycles. The van der Waals surface area contributed by atoms with Gasteiger partial charge in [-0.25, -0.2) is 20.1 Å². The Morgan fingerprint density at radius 1 is 1.14 bits per heavy atom. The van der Waals surface area contributed by atoms with Crippen LogP contribution in [0.3, 0.4) is 0 Å². The van der Waals surface area contributed by atoms with Crippen molar-refractivity contribution in [1.29, 1.82) is 0 Å². The van der Waals surface area contributed by atoms with Crippen LogP contribution in [0.5, 0.6) is 0 Å². The zero-order valence-corrected chi connectivity index (χ0v) is 19.9. The number of halogens is 6. The molecular formula is C17H23F6N6O6P. The molecule has 2 aromatic heterocycles. The molecule has 0 aliphatic carbocycles. The summed E-state index contributed by atoms with van der Waals surface area (Å²) in [6.45, 7) is -0.815. The second kappa shape index (κ2) is 12.7. The van der Waals surface area contributed by atoms with Gasteiger partial charge in [-0.15, -0.1) is 5.10 Å². The molecule has 0 bridgehead atoms. The van der Waals surface area contributed by atoms with Crippen LogP contribution in [0.4, 0.5) is 26.3 Å². The Morgan fingerprint density at radius 2 is 1.78 bits per heavy atom. The number of nitrogens with zero attached hydrogens (tertiary/aromatic N) is 5. The summed E-state index contributed by atoms with van der Waals surface area (Å²) in [6.07, 6.45) is -9.51. The molecule has 0 aliphatic heterocycles. The number of amides is 1. The van der Waals surface area contributed by atoms with Crippen LogP contribution in [0.25, 0.3) is 11.2 Å². The molecule has 2 rings (SSSR count). The topological polar surface area (TPSA) is 140 Å². The van der Waals surface area contributed by atoms with E-state index in [9.17, 15) is 35.7 Å². The van der Waals surface area contributed by atoms with Crippen molar-refractivity contribution in [3.05, 3.63) is 12.0 Å². The van der Waals surface area contributed by atoms with E-state index in [1.54, 1.807) is 0 Å². The third-order valence-electron chi connectivity index (χ3n) is 4.08. The van der Waals surface area contributed by atoms with Gasteiger partial charge in [0.15, 0.2) is 30.1 Å². The Balaban J connectivity index is 2.05. The van der Waals surface area contributed by atoms with E-state index in [2.05, 4.69) is 34.8 Å². The predicted octanol–water partition coefficient (Wildman–Crippen LogP) is 3.40. The number of nitrogens with one attached hydrogen (secondary N) is 1. The van der Waals surface area contributed by atoms with Gasteiger partial charge < -0.3 is 4.74 Å². The van der Waals surface area contributed by atoms with Crippen LogP contribution in [0, 0.1) is 0 Å². The molecule has 0 spiro atoms. The molecule has 1 atom stereocenters. The van der Waals surface area contributed by atoms with Crippen molar-refractivity contribution >= 4 is 24.7 Å². The van der Waals surface area contributed by atoms with E-state index in [1.807, 2.05) is 6.92 Å². The fraction of sp³-hybridized carbons (Fsp3) is 0.706. The lowest BCUT2D eigenvalue weighted by Gasteiger charge is -2.22. The quantitative estimate of drug-likeness (QED) is 0.161. The fourth-order valence-corrected chi connectivity index (χ4v) is 3.78. The fourth-order valence-electron chi connectivity index (χ4n) is 2.43. The summed E-state index contributed by atoms with van der Waals surface area (Å²) < 4.78 is 101. The van der Waals surface area contributed by atoms with Gasteiger partial charge in [0.2, 0.25) is 0 Å². The number of carbonyl (C=O) groups excluding carboxylic acids is 1. The molecule has 19 heteroatoms. The Kier molecular flexibility index (Phi) is 10.5. The number of fused-ring (bicyclic) bond motifs is 1. The first-order valence-electron chi connectivity index (χ1n) is 10.3. The third-order valence-corrected chi connectivity index (χ3v) is 5.59. The van der Waals surface area contributed by atoms with E-state index >= 15 is 0 Å². The van der Waals surface area contributed by atoms with E-state index in [0.29, 0.717) is 6.42 Å². The van der Waals surface area contributed by atoms with E-state index in [1.165, 1.54) is 6.92 Å². The Hall–Kier alpha value is -2.40. The first kappa shape index (κ1) is 29.8. The van der Waals surface area contributed by atoms with Gasteiger partial charge in [0.1, 0.15) is 12.7 Å². The Labute approximate surface area is 200 Å². The van der Waals surface area contributed by atoms with Gasteiger partial charge in [-0.05, 0) is 13.3 Å². The first-order valence-corrected chi connectivity index (χ1v) is 12.1. The first-order chi connectivity index (χ1) is 16.7. The minimum Gasteiger partial charge on any atom is -0.364 e. The van der Waals surface area contributed by atoms with Crippen molar-refractivity contribution in [2.45, 2.75) is 51.7 Å². The van der Waals surface area contributed by atoms with Crippen LogP contribution < -0.4 is 5.48 Å². The molecule has 0 unspecified atom stereocenters. The second-order valence-electron chi connectivity index (χ2n) is 7.29. The summed E-state index contributed by atoms with van der Waals surface area (Å²) in [4.78, 5) is 25.1. The monoisotopic (exact) mass is 552 g/mol. The lowest BCUT2D eigenvalue weighted by Crippen LogP contribution is -2.25. The van der Waals surface area contributed by atoms with Crippen molar-refractivity contribution in [3.63, 3.8) is 0 Å². The molecule has 2 aromatic rings. The van der Waals surface area contributed by atoms with Gasteiger partial charge in [-0.3, -0.25) is 23.2 Å². The average Bonchev–Trinajstić information content (AvgIpc) is 3.20. The molecule has 1 N–H and O–H groups in total. The number of hydrogen-bond acceptors (Lipinski definition) is 10. The number of unbranched alkanes of at least 4 members (excludes halogenated alkanes) is 1. The highest BCUT2D eigenvalue weighted by atomic mass is 31.2. The van der Waals surface area contributed by atoms with Crippen molar-refractivity contribution in [1.82, 2.24) is 30.4 Å². The molecule has 0 radical (unpaired) electrons. The minimum absolute atomic E-state index is 0.00557. The van der Waals surface area contributed by atoms with Gasteiger partial charge in [0.05, 0.1) is 19.3 Å². The number of hydroxylamine groups is 1. The van der Waals surface area contributed by atoms with Crippen LogP contribution in [0.1, 0.15) is 37.2 Å². The normalized spacial score (nSPS) is 13.8. The second-order valence-corrected chi connectivity index (χ2v) is 9.29. The molecule has 1 amide bonds. The molecule has 12 nitrogen and oxygen atoms in total. The van der Waals surface area contributed by atoms with E-state index < -0.39 is 51.5 Å². The molecule has 2 heterocycles. The maximum absolute atomic E-state index is 12.4. The van der Waals surface area contributed by atoms with Crippen molar-refractivity contribution in [2.24, 2.45) is 0 Å². The summed E-state index contributed by atoms with van der Waals surface area (Å²) in [6, 6.07) is 0. The summed E-state index contributed by atoms with van der Waals surface area (Å²) in [5.74, 6) is -0.709. The van der Waals surface area contributed by atoms with Crippen LogP contribution in [-0.2, 0) is 29.7 Å². The highest BCUT2D eigenvalue weighted by molar-refractivity contribution is 7.53. The summed E-state index contributed by atoms with van der Waals surface area (Å²) in [5, 5.41) is 7.62. The maximum atomic E-state index is 12.4. The number of aromatic nitrogens is 5. The average molecular weight is 552 g/mol. The van der Waals surface area contributed by atoms with E-state index in [4.69, 9.17) is 9.57 Å². The van der Waals surface area contributed by atoms with Gasteiger partial charge in [-0.1, -0.05) is 18.6 Å². The summed E-state index contributed by atoms with van der Waals surface area (Å²) in [5.41, 5.74) is 2.12. The molecular weight excluding hydrogens is 529 g/mol. The van der Waals surface area contributed by atoms with Crippen LogP contribution in [0.2, 0.25) is 0 Å². The van der Waals surface area contributed by atoms with Crippen LogP contribution in [0.15, 0.2) is 6.33 Å². The number of carbonyl (C=O) groups is 1. The van der Waals surface area contributed by atoms with Crippen molar-refractivity contribution in [3.8, 4) is 0 Å². The van der Waals surface area contributed by atoms with Crippen molar-refractivity contribution in [2.75, 3.05) is 26.2 Å². The smallest absolute Gasteiger partial charge is 0.364 e. The van der Waals surface area contributed by atoms with Crippen molar-refractivity contribution < 1.29 is 54.3 Å². The van der Waals surface area contributed by atoms with Gasteiger partial charge in [0.25, 0.3) is 5.91 Å². The highest BCUT2D eigenvalue weighted by Gasteiger charge is 2.39. The number of alkyl halides is 6. The van der Waals surface area contributed by atoms with Crippen LogP contribution >= 0.6 is 7.60 Å². The maximum Gasteiger partial charge on any atom is 0.412 e. The Bertz CT molecular complexity index is 1030. The number of rotatable bonds is 14. The zero-order valence-electron chi connectivity index (χ0n) is 19.0. The lowest BCUT2D eigenvalue weighted by molar-refractivity contribution is -0.166.